The lowest BCUT2D eigenvalue weighted by molar-refractivity contribution is -0.116. The Hall–Kier alpha value is -3.16. The molecule has 0 spiro atoms. The second-order valence-electron chi connectivity index (χ2n) is 7.89. The Morgan fingerprint density at radius 3 is 2.52 bits per heavy atom. The summed E-state index contributed by atoms with van der Waals surface area (Å²) in [6.07, 6.45) is 0. The van der Waals surface area contributed by atoms with E-state index in [4.69, 9.17) is 0 Å². The molecule has 3 aromatic carbocycles. The molecule has 0 atom stereocenters. The van der Waals surface area contributed by atoms with Gasteiger partial charge in [0, 0.05) is 24.1 Å². The fourth-order valence-electron chi connectivity index (χ4n) is 3.39. The number of carbonyl (C=O) groups excluding carboxylic acids is 2. The number of rotatable bonds is 7. The first-order chi connectivity index (χ1) is 15.9. The van der Waals surface area contributed by atoms with Crippen molar-refractivity contribution in [2.24, 2.45) is 0 Å². The molecule has 0 aliphatic carbocycles. The number of hydrogen-bond donors (Lipinski definition) is 1. The molecule has 0 radical (unpaired) electrons. The highest BCUT2D eigenvalue weighted by Crippen LogP contribution is 2.31. The number of thiazole rings is 1. The quantitative estimate of drug-likeness (QED) is 0.337. The molecule has 4 aromatic rings. The van der Waals surface area contributed by atoms with Gasteiger partial charge in [-0.25, -0.2) is 4.98 Å². The average Bonchev–Trinajstić information content (AvgIpc) is 3.23. The van der Waals surface area contributed by atoms with Crippen molar-refractivity contribution >= 4 is 50.8 Å². The standard InChI is InChI=1S/C26H25N3O2S2/c1-17-7-6-9-21(18(17)2)27-24(30)15-29(3)25(31)20-13-11-19(12-14-20)16-32-26-28-22-8-4-5-10-23(22)33-26/h4-14H,15-16H2,1-3H3,(H,27,30). The van der Waals surface area contributed by atoms with Crippen molar-refractivity contribution in [3.8, 4) is 0 Å². The van der Waals surface area contributed by atoms with Gasteiger partial charge < -0.3 is 10.2 Å². The van der Waals surface area contributed by atoms with E-state index in [2.05, 4.69) is 16.4 Å². The van der Waals surface area contributed by atoms with Crippen LogP contribution in [0.25, 0.3) is 10.2 Å². The number of anilines is 1. The number of para-hydroxylation sites is 1. The molecule has 0 saturated heterocycles. The predicted molar refractivity (Wildman–Crippen MR) is 137 cm³/mol. The second-order valence-corrected chi connectivity index (χ2v) is 10.1. The van der Waals surface area contributed by atoms with Gasteiger partial charge in [-0.1, -0.05) is 48.2 Å². The van der Waals surface area contributed by atoms with Crippen LogP contribution in [0, 0.1) is 13.8 Å². The van der Waals surface area contributed by atoms with Crippen LogP contribution in [-0.2, 0) is 10.5 Å². The van der Waals surface area contributed by atoms with Gasteiger partial charge in [0.25, 0.3) is 5.91 Å². The molecule has 33 heavy (non-hydrogen) atoms. The van der Waals surface area contributed by atoms with Crippen LogP contribution in [0.1, 0.15) is 27.0 Å². The topological polar surface area (TPSA) is 62.3 Å². The summed E-state index contributed by atoms with van der Waals surface area (Å²) in [4.78, 5) is 31.3. The average molecular weight is 476 g/mol. The third kappa shape index (κ3) is 5.61. The monoisotopic (exact) mass is 475 g/mol. The molecular weight excluding hydrogens is 450 g/mol. The summed E-state index contributed by atoms with van der Waals surface area (Å²) >= 11 is 3.38. The lowest BCUT2D eigenvalue weighted by atomic mass is 10.1. The summed E-state index contributed by atoms with van der Waals surface area (Å²) in [6, 6.07) is 21.4. The van der Waals surface area contributed by atoms with Gasteiger partial charge in [0.1, 0.15) is 0 Å². The van der Waals surface area contributed by atoms with Crippen molar-refractivity contribution in [2.45, 2.75) is 23.9 Å². The first kappa shape index (κ1) is 23.0. The molecule has 1 heterocycles. The van der Waals surface area contributed by atoms with Gasteiger partial charge in [0.2, 0.25) is 5.91 Å². The molecule has 0 aliphatic rings. The summed E-state index contributed by atoms with van der Waals surface area (Å²) in [6.45, 7) is 3.96. The van der Waals surface area contributed by atoms with Crippen LogP contribution < -0.4 is 5.32 Å². The van der Waals surface area contributed by atoms with Gasteiger partial charge in [-0.15, -0.1) is 11.3 Å². The van der Waals surface area contributed by atoms with E-state index in [1.54, 1.807) is 30.1 Å². The maximum atomic E-state index is 12.8. The van der Waals surface area contributed by atoms with E-state index < -0.39 is 0 Å². The van der Waals surface area contributed by atoms with Gasteiger partial charge in [0.15, 0.2) is 4.34 Å². The number of fused-ring (bicyclic) bond motifs is 1. The number of nitrogens with one attached hydrogen (secondary N) is 1. The molecule has 1 aromatic heterocycles. The minimum Gasteiger partial charge on any atom is -0.332 e. The largest absolute Gasteiger partial charge is 0.332 e. The number of carbonyl (C=O) groups is 2. The lowest BCUT2D eigenvalue weighted by Gasteiger charge is -2.18. The molecule has 0 bridgehead atoms. The summed E-state index contributed by atoms with van der Waals surface area (Å²) in [5, 5.41) is 2.90. The van der Waals surface area contributed by atoms with Gasteiger partial charge in [-0.05, 0) is 60.9 Å². The van der Waals surface area contributed by atoms with E-state index in [0.717, 1.165) is 38.0 Å². The molecule has 0 aliphatic heterocycles. The molecule has 0 unspecified atom stereocenters. The summed E-state index contributed by atoms with van der Waals surface area (Å²) in [5.74, 6) is 0.377. The Kier molecular flexibility index (Phi) is 7.11. The third-order valence-electron chi connectivity index (χ3n) is 5.44. The zero-order valence-electron chi connectivity index (χ0n) is 18.8. The molecule has 7 heteroatoms. The predicted octanol–water partition coefficient (Wildman–Crippen LogP) is 5.92. The number of likely N-dealkylation sites (N-methyl/N-ethyl adjacent to an activating group) is 1. The molecule has 5 nitrogen and oxygen atoms in total. The summed E-state index contributed by atoms with van der Waals surface area (Å²) in [5.41, 5.74) is 5.61. The summed E-state index contributed by atoms with van der Waals surface area (Å²) in [7, 11) is 1.64. The number of aromatic nitrogens is 1. The molecule has 2 amide bonds. The third-order valence-corrected chi connectivity index (χ3v) is 7.69. The zero-order chi connectivity index (χ0) is 23.4. The van der Waals surface area contributed by atoms with Crippen molar-refractivity contribution in [2.75, 3.05) is 18.9 Å². The summed E-state index contributed by atoms with van der Waals surface area (Å²) < 4.78 is 2.22. The Morgan fingerprint density at radius 2 is 1.76 bits per heavy atom. The van der Waals surface area contributed by atoms with E-state index in [9.17, 15) is 9.59 Å². The van der Waals surface area contributed by atoms with E-state index in [1.807, 2.05) is 74.5 Å². The Morgan fingerprint density at radius 1 is 1.00 bits per heavy atom. The first-order valence-corrected chi connectivity index (χ1v) is 12.4. The van der Waals surface area contributed by atoms with Gasteiger partial charge in [-0.2, -0.15) is 0 Å². The maximum absolute atomic E-state index is 12.8. The highest BCUT2D eigenvalue weighted by molar-refractivity contribution is 8.00. The number of amides is 2. The highest BCUT2D eigenvalue weighted by Gasteiger charge is 2.16. The Bertz CT molecular complexity index is 1270. The van der Waals surface area contributed by atoms with E-state index in [-0.39, 0.29) is 18.4 Å². The van der Waals surface area contributed by atoms with Crippen molar-refractivity contribution in [3.63, 3.8) is 0 Å². The van der Waals surface area contributed by atoms with Crippen LogP contribution in [0.2, 0.25) is 0 Å². The number of hydrogen-bond acceptors (Lipinski definition) is 5. The van der Waals surface area contributed by atoms with Crippen LogP contribution >= 0.6 is 23.1 Å². The van der Waals surface area contributed by atoms with Crippen LogP contribution in [0.15, 0.2) is 71.1 Å². The first-order valence-electron chi connectivity index (χ1n) is 10.6. The Labute approximate surface area is 201 Å². The van der Waals surface area contributed by atoms with E-state index in [1.165, 1.54) is 9.60 Å². The molecule has 0 fully saturated rings. The van der Waals surface area contributed by atoms with Crippen molar-refractivity contribution in [1.82, 2.24) is 9.88 Å². The van der Waals surface area contributed by atoms with Crippen LogP contribution in [0.5, 0.6) is 0 Å². The fourth-order valence-corrected chi connectivity index (χ4v) is 5.41. The van der Waals surface area contributed by atoms with Crippen molar-refractivity contribution in [1.29, 1.82) is 0 Å². The van der Waals surface area contributed by atoms with E-state index >= 15 is 0 Å². The van der Waals surface area contributed by atoms with Gasteiger partial charge >= 0.3 is 0 Å². The maximum Gasteiger partial charge on any atom is 0.254 e. The van der Waals surface area contributed by atoms with Crippen LogP contribution in [0.4, 0.5) is 5.69 Å². The minimum atomic E-state index is -0.219. The normalized spacial score (nSPS) is 10.9. The SMILES string of the molecule is Cc1cccc(NC(=O)CN(C)C(=O)c2ccc(CSc3nc4ccccc4s3)cc2)c1C. The second kappa shape index (κ2) is 10.2. The molecular formula is C26H25N3O2S2. The fraction of sp³-hybridized carbons (Fsp3) is 0.192. The van der Waals surface area contributed by atoms with Crippen LogP contribution in [0.3, 0.4) is 0 Å². The van der Waals surface area contributed by atoms with Crippen LogP contribution in [-0.4, -0.2) is 35.3 Å². The van der Waals surface area contributed by atoms with Crippen molar-refractivity contribution < 1.29 is 9.59 Å². The zero-order valence-corrected chi connectivity index (χ0v) is 20.4. The lowest BCUT2D eigenvalue weighted by Crippen LogP contribution is -2.35. The number of nitrogens with zero attached hydrogens (tertiary/aromatic N) is 2. The molecule has 0 saturated carbocycles. The van der Waals surface area contributed by atoms with E-state index in [0.29, 0.717) is 5.56 Å². The molecule has 4 rings (SSSR count). The smallest absolute Gasteiger partial charge is 0.254 e. The Balaban J connectivity index is 1.32. The van der Waals surface area contributed by atoms with Gasteiger partial charge in [-0.3, -0.25) is 9.59 Å². The number of thioether (sulfide) groups is 1. The molecule has 168 valence electrons. The number of benzene rings is 3. The minimum absolute atomic E-state index is 0.0125. The highest BCUT2D eigenvalue weighted by atomic mass is 32.2. The number of aryl methyl sites for hydroxylation is 1. The van der Waals surface area contributed by atoms with Gasteiger partial charge in [0.05, 0.1) is 16.8 Å². The van der Waals surface area contributed by atoms with Crippen molar-refractivity contribution in [3.05, 3.63) is 89.0 Å². The molecule has 1 N–H and O–H groups in total.